The molecule has 6 heteroatoms. The lowest BCUT2D eigenvalue weighted by atomic mass is 10.1. The number of nitrogens with one attached hydrogen (secondary N) is 1. The summed E-state index contributed by atoms with van der Waals surface area (Å²) in [6.07, 6.45) is 2.55. The predicted molar refractivity (Wildman–Crippen MR) is 83.8 cm³/mol. The Morgan fingerprint density at radius 3 is 2.48 bits per heavy atom. The molecule has 1 saturated carbocycles. The van der Waals surface area contributed by atoms with E-state index in [-0.39, 0.29) is 12.1 Å². The molecule has 0 aliphatic heterocycles. The zero-order chi connectivity index (χ0) is 15.8. The molecule has 2 atom stereocenters. The molecule has 1 aromatic carbocycles. The first-order chi connectivity index (χ1) is 9.76. The van der Waals surface area contributed by atoms with Gasteiger partial charge in [0, 0.05) is 18.8 Å². The van der Waals surface area contributed by atoms with Gasteiger partial charge < -0.3 is 10.5 Å². The van der Waals surface area contributed by atoms with Crippen LogP contribution < -0.4 is 10.5 Å². The second-order valence-electron chi connectivity index (χ2n) is 5.85. The van der Waals surface area contributed by atoms with E-state index in [2.05, 4.69) is 4.72 Å². The summed E-state index contributed by atoms with van der Waals surface area (Å²) in [5, 5.41) is 0. The molecule has 1 aliphatic rings. The van der Waals surface area contributed by atoms with Gasteiger partial charge in [-0.2, -0.15) is 0 Å². The van der Waals surface area contributed by atoms with Gasteiger partial charge in [0.25, 0.3) is 0 Å². The molecule has 3 N–H and O–H groups in total. The predicted octanol–water partition coefficient (Wildman–Crippen LogP) is 2.04. The molecule has 0 spiro atoms. The summed E-state index contributed by atoms with van der Waals surface area (Å²) < 4.78 is 33.5. The first-order valence-electron chi connectivity index (χ1n) is 7.17. The van der Waals surface area contributed by atoms with Crippen LogP contribution in [0.25, 0.3) is 0 Å². The summed E-state index contributed by atoms with van der Waals surface area (Å²) in [7, 11) is -1.90. The zero-order valence-electron chi connectivity index (χ0n) is 13.1. The molecule has 0 radical (unpaired) electrons. The van der Waals surface area contributed by atoms with Crippen molar-refractivity contribution in [3.8, 4) is 0 Å². The molecular formula is C15H24N2O3S. The average Bonchev–Trinajstić information content (AvgIpc) is 2.83. The minimum atomic E-state index is -3.57. The van der Waals surface area contributed by atoms with E-state index in [4.69, 9.17) is 10.5 Å². The molecule has 0 bridgehead atoms. The lowest BCUT2D eigenvalue weighted by Crippen LogP contribution is -2.34. The van der Waals surface area contributed by atoms with Gasteiger partial charge in [-0.15, -0.1) is 0 Å². The summed E-state index contributed by atoms with van der Waals surface area (Å²) >= 11 is 0. The van der Waals surface area contributed by atoms with E-state index >= 15 is 0 Å². The van der Waals surface area contributed by atoms with E-state index in [1.165, 1.54) is 0 Å². The first kappa shape index (κ1) is 16.3. The van der Waals surface area contributed by atoms with Gasteiger partial charge in [0.2, 0.25) is 10.0 Å². The fourth-order valence-electron chi connectivity index (χ4n) is 2.98. The van der Waals surface area contributed by atoms with Gasteiger partial charge in [-0.1, -0.05) is 0 Å². The maximum absolute atomic E-state index is 12.7. The number of methoxy groups -OCH3 is 1. The first-order valence-corrected chi connectivity index (χ1v) is 8.66. The molecule has 5 nitrogen and oxygen atoms in total. The monoisotopic (exact) mass is 312 g/mol. The van der Waals surface area contributed by atoms with Gasteiger partial charge in [0.15, 0.2) is 0 Å². The normalized spacial score (nSPS) is 22.7. The Balaban J connectivity index is 2.33. The van der Waals surface area contributed by atoms with Crippen LogP contribution >= 0.6 is 0 Å². The summed E-state index contributed by atoms with van der Waals surface area (Å²) in [4.78, 5) is 0.320. The Morgan fingerprint density at radius 2 is 1.90 bits per heavy atom. The van der Waals surface area contributed by atoms with E-state index in [0.29, 0.717) is 16.1 Å². The van der Waals surface area contributed by atoms with Crippen molar-refractivity contribution in [3.05, 3.63) is 22.8 Å². The lowest BCUT2D eigenvalue weighted by molar-refractivity contribution is 0.107. The maximum Gasteiger partial charge on any atom is 0.241 e. The third-order valence-corrected chi connectivity index (χ3v) is 6.18. The molecule has 1 aliphatic carbocycles. The Morgan fingerprint density at radius 1 is 1.24 bits per heavy atom. The largest absolute Gasteiger partial charge is 0.398 e. The minimum absolute atomic E-state index is 0.0690. The van der Waals surface area contributed by atoms with Crippen molar-refractivity contribution < 1.29 is 13.2 Å². The van der Waals surface area contributed by atoms with Gasteiger partial charge in [-0.05, 0) is 62.8 Å². The van der Waals surface area contributed by atoms with Crippen LogP contribution in [-0.4, -0.2) is 27.7 Å². The lowest BCUT2D eigenvalue weighted by Gasteiger charge is -2.18. The van der Waals surface area contributed by atoms with Crippen molar-refractivity contribution in [2.24, 2.45) is 0 Å². The van der Waals surface area contributed by atoms with Gasteiger partial charge in [0.1, 0.15) is 0 Å². The fourth-order valence-corrected chi connectivity index (χ4v) is 4.84. The summed E-state index contributed by atoms with van der Waals surface area (Å²) in [5.74, 6) is 0. The van der Waals surface area contributed by atoms with Crippen molar-refractivity contribution in [1.29, 1.82) is 0 Å². The van der Waals surface area contributed by atoms with Crippen molar-refractivity contribution in [1.82, 2.24) is 4.72 Å². The number of nitrogen functional groups attached to an aromatic ring is 1. The molecule has 0 heterocycles. The van der Waals surface area contributed by atoms with Crippen molar-refractivity contribution in [2.75, 3.05) is 12.8 Å². The van der Waals surface area contributed by atoms with Crippen molar-refractivity contribution >= 4 is 15.7 Å². The van der Waals surface area contributed by atoms with Crippen LogP contribution in [0.4, 0.5) is 5.69 Å². The molecule has 0 saturated heterocycles. The Labute approximate surface area is 126 Å². The number of rotatable bonds is 4. The van der Waals surface area contributed by atoms with Crippen LogP contribution in [0.3, 0.4) is 0 Å². The maximum atomic E-state index is 12.7. The van der Waals surface area contributed by atoms with E-state index < -0.39 is 10.0 Å². The number of sulfonamides is 1. The molecule has 118 valence electrons. The van der Waals surface area contributed by atoms with E-state index in [1.54, 1.807) is 14.0 Å². The minimum Gasteiger partial charge on any atom is -0.398 e. The van der Waals surface area contributed by atoms with Gasteiger partial charge in [0.05, 0.1) is 11.0 Å². The molecule has 2 unspecified atom stereocenters. The standard InChI is InChI=1S/C15H24N2O3S/c1-9-7-14(16)11(3)15(10(9)2)21(18,19)17-12-5-6-13(8-12)20-4/h7,12-13,17H,5-6,8,16H2,1-4H3. The Bertz CT molecular complexity index is 615. The van der Waals surface area contributed by atoms with Crippen LogP contribution in [0.15, 0.2) is 11.0 Å². The van der Waals surface area contributed by atoms with E-state index in [0.717, 1.165) is 30.4 Å². The van der Waals surface area contributed by atoms with Crippen LogP contribution in [0, 0.1) is 20.8 Å². The van der Waals surface area contributed by atoms with Crippen LogP contribution in [0.1, 0.15) is 36.0 Å². The highest BCUT2D eigenvalue weighted by molar-refractivity contribution is 7.89. The average molecular weight is 312 g/mol. The highest BCUT2D eigenvalue weighted by Gasteiger charge is 2.30. The fraction of sp³-hybridized carbons (Fsp3) is 0.600. The smallest absolute Gasteiger partial charge is 0.241 e. The number of aryl methyl sites for hydroxylation is 1. The zero-order valence-corrected chi connectivity index (χ0v) is 13.9. The summed E-state index contributed by atoms with van der Waals surface area (Å²) in [5.41, 5.74) is 8.71. The van der Waals surface area contributed by atoms with Crippen molar-refractivity contribution in [2.45, 2.75) is 57.1 Å². The third-order valence-electron chi connectivity index (χ3n) is 4.39. The molecule has 0 amide bonds. The summed E-state index contributed by atoms with van der Waals surface area (Å²) in [6, 6.07) is 1.75. The summed E-state index contributed by atoms with van der Waals surface area (Å²) in [6.45, 7) is 5.45. The molecular weight excluding hydrogens is 288 g/mol. The molecule has 0 aromatic heterocycles. The quantitative estimate of drug-likeness (QED) is 0.834. The second-order valence-corrected chi connectivity index (χ2v) is 7.50. The van der Waals surface area contributed by atoms with Crippen molar-refractivity contribution in [3.63, 3.8) is 0 Å². The number of hydrogen-bond donors (Lipinski definition) is 2. The van der Waals surface area contributed by atoms with E-state index in [9.17, 15) is 8.42 Å². The highest BCUT2D eigenvalue weighted by atomic mass is 32.2. The number of benzene rings is 1. The number of anilines is 1. The molecule has 21 heavy (non-hydrogen) atoms. The topological polar surface area (TPSA) is 81.4 Å². The number of hydrogen-bond acceptors (Lipinski definition) is 4. The van der Waals surface area contributed by atoms with Crippen LogP contribution in [0.2, 0.25) is 0 Å². The molecule has 1 fully saturated rings. The SMILES string of the molecule is COC1CCC(NS(=O)(=O)c2c(C)c(C)cc(N)c2C)C1. The van der Waals surface area contributed by atoms with Crippen LogP contribution in [-0.2, 0) is 14.8 Å². The number of nitrogens with two attached hydrogens (primary N) is 1. The Kier molecular flexibility index (Phi) is 4.60. The molecule has 2 rings (SSSR count). The Hall–Kier alpha value is -1.11. The van der Waals surface area contributed by atoms with Gasteiger partial charge in [-0.3, -0.25) is 0 Å². The highest BCUT2D eigenvalue weighted by Crippen LogP contribution is 2.29. The number of ether oxygens (including phenoxy) is 1. The van der Waals surface area contributed by atoms with Crippen LogP contribution in [0.5, 0.6) is 0 Å². The third kappa shape index (κ3) is 3.22. The van der Waals surface area contributed by atoms with E-state index in [1.807, 2.05) is 19.9 Å². The van der Waals surface area contributed by atoms with Gasteiger partial charge >= 0.3 is 0 Å². The molecule has 1 aromatic rings. The van der Waals surface area contributed by atoms with Gasteiger partial charge in [-0.25, -0.2) is 13.1 Å². The second kappa shape index (κ2) is 5.94.